The molecule has 1 rings (SSSR count). The van der Waals surface area contributed by atoms with Crippen LogP contribution in [-0.2, 0) is 14.3 Å². The summed E-state index contributed by atoms with van der Waals surface area (Å²) in [6.45, 7) is 2.77. The summed E-state index contributed by atoms with van der Waals surface area (Å²) < 4.78 is 4.85. The SMILES string of the molecule is CNC(=O)CNC(=O)COC(=O)c1c(C)cc(C)nc1Cl. The first-order chi connectivity index (χ1) is 9.85. The minimum Gasteiger partial charge on any atom is -0.452 e. The quantitative estimate of drug-likeness (QED) is 0.604. The number of amides is 2. The van der Waals surface area contributed by atoms with E-state index in [1.807, 2.05) is 0 Å². The van der Waals surface area contributed by atoms with Gasteiger partial charge < -0.3 is 15.4 Å². The van der Waals surface area contributed by atoms with Gasteiger partial charge in [-0.15, -0.1) is 0 Å². The Hall–Kier alpha value is -2.15. The van der Waals surface area contributed by atoms with E-state index >= 15 is 0 Å². The van der Waals surface area contributed by atoms with Crippen molar-refractivity contribution in [3.8, 4) is 0 Å². The lowest BCUT2D eigenvalue weighted by Crippen LogP contribution is -2.37. The van der Waals surface area contributed by atoms with Crippen LogP contribution >= 0.6 is 11.6 Å². The molecule has 1 heterocycles. The molecule has 0 aliphatic heterocycles. The maximum atomic E-state index is 11.9. The molecule has 0 unspecified atom stereocenters. The van der Waals surface area contributed by atoms with Crippen LogP contribution in [0.3, 0.4) is 0 Å². The van der Waals surface area contributed by atoms with Crippen molar-refractivity contribution in [3.63, 3.8) is 0 Å². The summed E-state index contributed by atoms with van der Waals surface area (Å²) in [5.74, 6) is -1.67. The highest BCUT2D eigenvalue weighted by molar-refractivity contribution is 6.32. The van der Waals surface area contributed by atoms with Crippen molar-refractivity contribution < 1.29 is 19.1 Å². The van der Waals surface area contributed by atoms with Gasteiger partial charge in [0.2, 0.25) is 5.91 Å². The molecule has 2 N–H and O–H groups in total. The van der Waals surface area contributed by atoms with Gasteiger partial charge in [-0.3, -0.25) is 9.59 Å². The summed E-state index contributed by atoms with van der Waals surface area (Å²) in [7, 11) is 1.45. The van der Waals surface area contributed by atoms with Gasteiger partial charge in [-0.2, -0.15) is 0 Å². The molecule has 0 aliphatic rings. The van der Waals surface area contributed by atoms with Crippen LogP contribution in [0.2, 0.25) is 5.15 Å². The number of ether oxygens (including phenoxy) is 1. The molecule has 0 aromatic carbocycles. The van der Waals surface area contributed by atoms with Crippen LogP contribution in [0.1, 0.15) is 21.6 Å². The van der Waals surface area contributed by atoms with Gasteiger partial charge in [0.15, 0.2) is 6.61 Å². The fourth-order valence-electron chi connectivity index (χ4n) is 1.56. The first-order valence-corrected chi connectivity index (χ1v) is 6.51. The summed E-state index contributed by atoms with van der Waals surface area (Å²) in [4.78, 5) is 38.2. The molecule has 21 heavy (non-hydrogen) atoms. The van der Waals surface area contributed by atoms with Crippen LogP contribution in [0.25, 0.3) is 0 Å². The lowest BCUT2D eigenvalue weighted by Gasteiger charge is -2.09. The third kappa shape index (κ3) is 5.03. The Morgan fingerprint density at radius 1 is 1.29 bits per heavy atom. The number of pyridine rings is 1. The number of hydrogen-bond donors (Lipinski definition) is 2. The van der Waals surface area contributed by atoms with Gasteiger partial charge in [-0.25, -0.2) is 9.78 Å². The molecule has 0 spiro atoms. The average Bonchev–Trinajstić information content (AvgIpc) is 2.41. The van der Waals surface area contributed by atoms with Gasteiger partial charge in [0.25, 0.3) is 5.91 Å². The second-order valence-corrected chi connectivity index (χ2v) is 4.63. The van der Waals surface area contributed by atoms with E-state index in [2.05, 4.69) is 15.6 Å². The first kappa shape index (κ1) is 16.9. The molecule has 0 saturated heterocycles. The Morgan fingerprint density at radius 3 is 2.52 bits per heavy atom. The topological polar surface area (TPSA) is 97.4 Å². The number of esters is 1. The van der Waals surface area contributed by atoms with Gasteiger partial charge in [0, 0.05) is 12.7 Å². The van der Waals surface area contributed by atoms with Crippen molar-refractivity contribution in [2.75, 3.05) is 20.2 Å². The second kappa shape index (κ2) is 7.58. The molecule has 1 aromatic rings. The van der Waals surface area contributed by atoms with E-state index in [-0.39, 0.29) is 23.2 Å². The third-order valence-corrected chi connectivity index (χ3v) is 2.84. The number of carbonyl (C=O) groups is 3. The minimum atomic E-state index is -0.736. The molecule has 0 fully saturated rings. The molecule has 8 heteroatoms. The van der Waals surface area contributed by atoms with E-state index in [1.54, 1.807) is 19.9 Å². The molecule has 0 atom stereocenters. The summed E-state index contributed by atoms with van der Waals surface area (Å²) in [5, 5.41) is 4.68. The van der Waals surface area contributed by atoms with Crippen LogP contribution in [0, 0.1) is 13.8 Å². The maximum Gasteiger partial charge on any atom is 0.342 e. The predicted octanol–water partition coefficient (Wildman–Crippen LogP) is 0.371. The van der Waals surface area contributed by atoms with Crippen LogP contribution in [-0.4, -0.2) is 43.0 Å². The summed E-state index contributed by atoms with van der Waals surface area (Å²) >= 11 is 5.90. The highest BCUT2D eigenvalue weighted by Gasteiger charge is 2.18. The smallest absolute Gasteiger partial charge is 0.342 e. The van der Waals surface area contributed by atoms with Crippen molar-refractivity contribution in [3.05, 3.63) is 28.0 Å². The zero-order valence-electron chi connectivity index (χ0n) is 11.9. The standard InChI is InChI=1S/C13H16ClN3O4/c1-7-4-8(2)17-12(14)11(7)13(20)21-6-10(19)16-5-9(18)15-3/h4H,5-6H2,1-3H3,(H,15,18)(H,16,19). The average molecular weight is 314 g/mol. The molecule has 0 saturated carbocycles. The van der Waals surface area contributed by atoms with Crippen molar-refractivity contribution in [2.45, 2.75) is 13.8 Å². The van der Waals surface area contributed by atoms with Crippen LogP contribution in [0.4, 0.5) is 0 Å². The number of likely N-dealkylation sites (N-methyl/N-ethyl adjacent to an activating group) is 1. The van der Waals surface area contributed by atoms with Crippen molar-refractivity contribution in [2.24, 2.45) is 0 Å². The number of aryl methyl sites for hydroxylation is 2. The summed E-state index contributed by atoms with van der Waals surface area (Å²) in [6.07, 6.45) is 0. The molecule has 114 valence electrons. The van der Waals surface area contributed by atoms with E-state index in [0.29, 0.717) is 11.3 Å². The van der Waals surface area contributed by atoms with Crippen LogP contribution in [0.5, 0.6) is 0 Å². The second-order valence-electron chi connectivity index (χ2n) is 4.27. The van der Waals surface area contributed by atoms with Crippen molar-refractivity contribution in [1.29, 1.82) is 0 Å². The van der Waals surface area contributed by atoms with Gasteiger partial charge in [-0.05, 0) is 25.5 Å². The Bertz CT molecular complexity index is 552. The largest absolute Gasteiger partial charge is 0.452 e. The molecular formula is C13H16ClN3O4. The highest BCUT2D eigenvalue weighted by Crippen LogP contribution is 2.19. The van der Waals surface area contributed by atoms with Crippen LogP contribution < -0.4 is 10.6 Å². The molecule has 0 radical (unpaired) electrons. The fraction of sp³-hybridized carbons (Fsp3) is 0.385. The predicted molar refractivity (Wildman–Crippen MR) is 76.1 cm³/mol. The molecular weight excluding hydrogens is 298 g/mol. The normalized spacial score (nSPS) is 9.90. The highest BCUT2D eigenvalue weighted by atomic mass is 35.5. The fourth-order valence-corrected chi connectivity index (χ4v) is 1.92. The number of hydrogen-bond acceptors (Lipinski definition) is 5. The number of carbonyl (C=O) groups excluding carboxylic acids is 3. The van der Waals surface area contributed by atoms with Crippen LogP contribution in [0.15, 0.2) is 6.07 Å². The minimum absolute atomic E-state index is 0.0308. The van der Waals surface area contributed by atoms with Gasteiger partial charge >= 0.3 is 5.97 Å². The Kier molecular flexibility index (Phi) is 6.10. The lowest BCUT2D eigenvalue weighted by molar-refractivity contribution is -0.127. The lowest BCUT2D eigenvalue weighted by atomic mass is 10.1. The monoisotopic (exact) mass is 313 g/mol. The van der Waals surface area contributed by atoms with E-state index in [4.69, 9.17) is 16.3 Å². The summed E-state index contributed by atoms with van der Waals surface area (Å²) in [5.41, 5.74) is 1.42. The molecule has 1 aromatic heterocycles. The Morgan fingerprint density at radius 2 is 1.95 bits per heavy atom. The number of aromatic nitrogens is 1. The van der Waals surface area contributed by atoms with Gasteiger partial charge in [0.1, 0.15) is 5.15 Å². The summed E-state index contributed by atoms with van der Waals surface area (Å²) in [6, 6.07) is 1.69. The Labute approximate surface area is 127 Å². The van der Waals surface area contributed by atoms with E-state index in [1.165, 1.54) is 7.05 Å². The number of halogens is 1. The zero-order valence-corrected chi connectivity index (χ0v) is 12.7. The number of nitrogens with one attached hydrogen (secondary N) is 2. The van der Waals surface area contributed by atoms with Gasteiger partial charge in [0.05, 0.1) is 12.1 Å². The zero-order chi connectivity index (χ0) is 16.0. The van der Waals surface area contributed by atoms with Gasteiger partial charge in [-0.1, -0.05) is 11.6 Å². The third-order valence-electron chi connectivity index (χ3n) is 2.56. The van der Waals surface area contributed by atoms with Crippen molar-refractivity contribution in [1.82, 2.24) is 15.6 Å². The van der Waals surface area contributed by atoms with E-state index in [9.17, 15) is 14.4 Å². The Balaban J connectivity index is 2.59. The maximum absolute atomic E-state index is 11.9. The van der Waals surface area contributed by atoms with E-state index < -0.39 is 18.5 Å². The number of nitrogens with zero attached hydrogens (tertiary/aromatic N) is 1. The molecule has 7 nitrogen and oxygen atoms in total. The molecule has 2 amide bonds. The molecule has 0 bridgehead atoms. The molecule has 0 aliphatic carbocycles. The van der Waals surface area contributed by atoms with Crippen molar-refractivity contribution >= 4 is 29.4 Å². The first-order valence-electron chi connectivity index (χ1n) is 6.13. The van der Waals surface area contributed by atoms with E-state index in [0.717, 1.165) is 0 Å². The number of rotatable bonds is 5.